The highest BCUT2D eigenvalue weighted by Gasteiger charge is 2.48. The summed E-state index contributed by atoms with van der Waals surface area (Å²) in [5.74, 6) is -0.343. The van der Waals surface area contributed by atoms with Gasteiger partial charge in [0.1, 0.15) is 10.7 Å². The maximum Gasteiger partial charge on any atom is 0.265 e. The molecule has 29 heavy (non-hydrogen) atoms. The van der Waals surface area contributed by atoms with Gasteiger partial charge in [-0.2, -0.15) is 0 Å². The van der Waals surface area contributed by atoms with Crippen LogP contribution in [0, 0.1) is 5.82 Å². The Labute approximate surface area is 176 Å². The van der Waals surface area contributed by atoms with Crippen molar-refractivity contribution in [2.45, 2.75) is 24.8 Å². The Morgan fingerprint density at radius 2 is 2.00 bits per heavy atom. The fraction of sp³-hybridized carbons (Fsp3) is 0.273. The summed E-state index contributed by atoms with van der Waals surface area (Å²) < 4.78 is 15.0. The number of nitrogens with zero attached hydrogens (tertiary/aromatic N) is 1. The highest BCUT2D eigenvalue weighted by atomic mass is 35.5. The Bertz CT molecular complexity index is 1150. The van der Waals surface area contributed by atoms with E-state index in [2.05, 4.69) is 5.32 Å². The third-order valence-corrected chi connectivity index (χ3v) is 7.39. The van der Waals surface area contributed by atoms with E-state index in [1.54, 1.807) is 23.1 Å². The molecule has 0 radical (unpaired) electrons. The number of fused-ring (bicyclic) bond motifs is 1. The summed E-state index contributed by atoms with van der Waals surface area (Å²) >= 11 is 7.85. The predicted molar refractivity (Wildman–Crippen MR) is 113 cm³/mol. The van der Waals surface area contributed by atoms with Gasteiger partial charge in [-0.05, 0) is 30.5 Å². The van der Waals surface area contributed by atoms with Crippen LogP contribution >= 0.6 is 22.9 Å². The van der Waals surface area contributed by atoms with Crippen LogP contribution in [-0.2, 0) is 4.79 Å². The van der Waals surface area contributed by atoms with Gasteiger partial charge in [0, 0.05) is 35.2 Å². The van der Waals surface area contributed by atoms with Crippen LogP contribution in [0.4, 0.5) is 4.39 Å². The molecule has 4 nitrogen and oxygen atoms in total. The first-order valence-corrected chi connectivity index (χ1v) is 10.7. The second-order valence-corrected chi connectivity index (χ2v) is 9.21. The number of thiophene rings is 1. The summed E-state index contributed by atoms with van der Waals surface area (Å²) in [5, 5.41) is 4.27. The largest absolute Gasteiger partial charge is 0.347 e. The number of benzene rings is 2. The zero-order valence-electron chi connectivity index (χ0n) is 15.5. The molecule has 2 fully saturated rings. The topological polar surface area (TPSA) is 49.4 Å². The zero-order valence-corrected chi connectivity index (χ0v) is 17.1. The number of carbonyl (C=O) groups is 2. The van der Waals surface area contributed by atoms with E-state index in [0.29, 0.717) is 35.0 Å². The zero-order chi connectivity index (χ0) is 20.2. The van der Waals surface area contributed by atoms with E-state index in [1.807, 2.05) is 18.2 Å². The molecule has 5 rings (SSSR count). The van der Waals surface area contributed by atoms with Crippen molar-refractivity contribution >= 4 is 44.8 Å². The van der Waals surface area contributed by atoms with Crippen molar-refractivity contribution in [3.8, 4) is 11.1 Å². The summed E-state index contributed by atoms with van der Waals surface area (Å²) in [7, 11) is 0. The Morgan fingerprint density at radius 3 is 2.76 bits per heavy atom. The molecule has 2 saturated heterocycles. The van der Waals surface area contributed by atoms with Crippen molar-refractivity contribution in [2.24, 2.45) is 0 Å². The fourth-order valence-electron chi connectivity index (χ4n) is 4.28. The highest BCUT2D eigenvalue weighted by Crippen LogP contribution is 2.40. The number of carbonyl (C=O) groups excluding carboxylic acids is 2. The number of hydrogen-bond donors (Lipinski definition) is 1. The monoisotopic (exact) mass is 428 g/mol. The van der Waals surface area contributed by atoms with Gasteiger partial charge in [-0.25, -0.2) is 4.39 Å². The van der Waals surface area contributed by atoms with Crippen molar-refractivity contribution in [2.75, 3.05) is 13.1 Å². The number of likely N-dealkylation sites (tertiary alicyclic amines) is 1. The lowest BCUT2D eigenvalue weighted by Gasteiger charge is -2.52. The van der Waals surface area contributed by atoms with Crippen LogP contribution in [0.3, 0.4) is 0 Å². The van der Waals surface area contributed by atoms with Gasteiger partial charge in [0.15, 0.2) is 0 Å². The van der Waals surface area contributed by atoms with Crippen molar-refractivity contribution in [1.29, 1.82) is 0 Å². The molecule has 2 amide bonds. The maximum absolute atomic E-state index is 14.1. The summed E-state index contributed by atoms with van der Waals surface area (Å²) in [6.07, 6.45) is 2.31. The van der Waals surface area contributed by atoms with Crippen LogP contribution in [0.1, 0.15) is 28.9 Å². The van der Waals surface area contributed by atoms with Crippen LogP contribution in [0.2, 0.25) is 5.02 Å². The van der Waals surface area contributed by atoms with Gasteiger partial charge in [0.05, 0.1) is 10.6 Å². The average Bonchev–Trinajstić information content (AvgIpc) is 3.02. The molecular weight excluding hydrogens is 411 g/mol. The minimum Gasteiger partial charge on any atom is -0.347 e. The molecule has 2 aliphatic heterocycles. The summed E-state index contributed by atoms with van der Waals surface area (Å²) in [6, 6.07) is 12.2. The van der Waals surface area contributed by atoms with Gasteiger partial charge in [0.25, 0.3) is 5.91 Å². The first-order chi connectivity index (χ1) is 14.0. The number of halogens is 2. The first-order valence-electron chi connectivity index (χ1n) is 9.53. The number of nitrogens with one attached hydrogen (secondary N) is 1. The third kappa shape index (κ3) is 3.11. The van der Waals surface area contributed by atoms with E-state index in [4.69, 9.17) is 11.6 Å². The molecule has 0 unspecified atom stereocenters. The van der Waals surface area contributed by atoms with Crippen LogP contribution in [-0.4, -0.2) is 35.3 Å². The second-order valence-electron chi connectivity index (χ2n) is 7.78. The quantitative estimate of drug-likeness (QED) is 0.634. The van der Waals surface area contributed by atoms with E-state index in [-0.39, 0.29) is 23.2 Å². The molecular formula is C22H18ClFN2O2S. The molecule has 2 aromatic carbocycles. The van der Waals surface area contributed by atoms with Gasteiger partial charge in [-0.15, -0.1) is 11.3 Å². The van der Waals surface area contributed by atoms with Gasteiger partial charge >= 0.3 is 0 Å². The van der Waals surface area contributed by atoms with E-state index in [9.17, 15) is 14.0 Å². The lowest BCUT2D eigenvalue weighted by molar-refractivity contribution is -0.128. The Morgan fingerprint density at radius 1 is 1.21 bits per heavy atom. The van der Waals surface area contributed by atoms with Crippen LogP contribution in [0.15, 0.2) is 42.5 Å². The Hall–Kier alpha value is -2.44. The standard InChI is InChI=1S/C22H18ClFN2O2S/c23-19-15-8-7-13(14-4-1-2-5-16(14)24)10-17(15)29-20(19)21(28)26-11-22(12-26)9-3-6-18(27)25-22/h1-2,4-5,7-8,10H,3,6,9,11-12H2,(H,25,27). The maximum atomic E-state index is 14.1. The molecule has 7 heteroatoms. The fourth-order valence-corrected chi connectivity index (χ4v) is 5.80. The van der Waals surface area contributed by atoms with Gasteiger partial charge in [-0.1, -0.05) is 41.9 Å². The molecule has 3 aromatic rings. The Kier molecular flexibility index (Phi) is 4.37. The first kappa shape index (κ1) is 18.6. The number of rotatable bonds is 2. The van der Waals surface area contributed by atoms with Crippen molar-refractivity contribution in [3.05, 3.63) is 58.2 Å². The molecule has 1 spiro atoms. The molecule has 1 N–H and O–H groups in total. The smallest absolute Gasteiger partial charge is 0.265 e. The summed E-state index contributed by atoms with van der Waals surface area (Å²) in [4.78, 5) is 26.9. The minimum absolute atomic E-state index is 0.0592. The molecule has 0 saturated carbocycles. The van der Waals surface area contributed by atoms with E-state index in [1.165, 1.54) is 17.4 Å². The molecule has 0 bridgehead atoms. The summed E-state index contributed by atoms with van der Waals surface area (Å²) in [5.41, 5.74) is 0.997. The number of amides is 2. The van der Waals surface area contributed by atoms with E-state index in [0.717, 1.165) is 28.5 Å². The van der Waals surface area contributed by atoms with Crippen molar-refractivity contribution in [3.63, 3.8) is 0 Å². The summed E-state index contributed by atoms with van der Waals surface area (Å²) in [6.45, 7) is 1.03. The van der Waals surface area contributed by atoms with E-state index < -0.39 is 0 Å². The highest BCUT2D eigenvalue weighted by molar-refractivity contribution is 7.21. The normalized spacial score (nSPS) is 18.0. The molecule has 3 heterocycles. The van der Waals surface area contributed by atoms with Crippen LogP contribution in [0.25, 0.3) is 21.2 Å². The predicted octanol–water partition coefficient (Wildman–Crippen LogP) is 4.86. The molecule has 0 atom stereocenters. The Balaban J connectivity index is 1.42. The van der Waals surface area contributed by atoms with Gasteiger partial charge < -0.3 is 10.2 Å². The van der Waals surface area contributed by atoms with Crippen molar-refractivity contribution in [1.82, 2.24) is 10.2 Å². The molecule has 1 aromatic heterocycles. The molecule has 148 valence electrons. The second kappa shape index (κ2) is 6.82. The lowest BCUT2D eigenvalue weighted by Crippen LogP contribution is -2.72. The SMILES string of the molecule is O=C1CCCC2(CN(C(=O)c3sc4cc(-c5ccccc5F)ccc4c3Cl)C2)N1. The van der Waals surface area contributed by atoms with Gasteiger partial charge in [-0.3, -0.25) is 9.59 Å². The molecule has 2 aliphatic rings. The van der Waals surface area contributed by atoms with Crippen LogP contribution in [0.5, 0.6) is 0 Å². The minimum atomic E-state index is -0.286. The van der Waals surface area contributed by atoms with Crippen molar-refractivity contribution < 1.29 is 14.0 Å². The van der Waals surface area contributed by atoms with Crippen LogP contribution < -0.4 is 5.32 Å². The third-order valence-electron chi connectivity index (χ3n) is 5.75. The number of hydrogen-bond acceptors (Lipinski definition) is 3. The lowest BCUT2D eigenvalue weighted by atomic mass is 9.81. The van der Waals surface area contributed by atoms with Gasteiger partial charge in [0.2, 0.25) is 5.91 Å². The average molecular weight is 429 g/mol. The molecule has 0 aliphatic carbocycles. The number of piperidine rings is 1. The van der Waals surface area contributed by atoms with E-state index >= 15 is 0 Å².